The van der Waals surface area contributed by atoms with Gasteiger partial charge in [0.1, 0.15) is 12.1 Å². The molecule has 2 N–H and O–H groups in total. The SMILES string of the molecule is c1ccc(NCCNc2ncnc3ccccc23)cc1. The summed E-state index contributed by atoms with van der Waals surface area (Å²) in [4.78, 5) is 8.55. The van der Waals surface area contributed by atoms with Crippen LogP contribution in [0.5, 0.6) is 0 Å². The molecule has 3 rings (SSSR count). The summed E-state index contributed by atoms with van der Waals surface area (Å²) in [6.07, 6.45) is 1.59. The van der Waals surface area contributed by atoms with E-state index in [-0.39, 0.29) is 0 Å². The second kappa shape index (κ2) is 6.02. The molecule has 0 saturated heterocycles. The highest BCUT2D eigenvalue weighted by Gasteiger charge is 2.01. The van der Waals surface area contributed by atoms with Crippen LogP contribution in [0.15, 0.2) is 60.9 Å². The number of anilines is 2. The van der Waals surface area contributed by atoms with Crippen molar-refractivity contribution < 1.29 is 0 Å². The first-order valence-corrected chi connectivity index (χ1v) is 6.66. The van der Waals surface area contributed by atoms with Gasteiger partial charge >= 0.3 is 0 Å². The van der Waals surface area contributed by atoms with Crippen molar-refractivity contribution in [1.29, 1.82) is 0 Å². The maximum absolute atomic E-state index is 4.30. The molecule has 4 nitrogen and oxygen atoms in total. The first kappa shape index (κ1) is 12.4. The number of nitrogens with one attached hydrogen (secondary N) is 2. The van der Waals surface area contributed by atoms with Crippen LogP contribution in [-0.2, 0) is 0 Å². The molecule has 0 atom stereocenters. The number of hydrogen-bond donors (Lipinski definition) is 2. The molecule has 0 amide bonds. The van der Waals surface area contributed by atoms with Crippen LogP contribution in [-0.4, -0.2) is 23.1 Å². The third-order valence-corrected chi connectivity index (χ3v) is 3.06. The average molecular weight is 264 g/mol. The summed E-state index contributed by atoms with van der Waals surface area (Å²) in [5.74, 6) is 0.880. The van der Waals surface area contributed by atoms with Crippen molar-refractivity contribution in [2.24, 2.45) is 0 Å². The monoisotopic (exact) mass is 264 g/mol. The van der Waals surface area contributed by atoms with Crippen molar-refractivity contribution in [1.82, 2.24) is 9.97 Å². The molecule has 0 bridgehead atoms. The Morgan fingerprint density at radius 1 is 0.750 bits per heavy atom. The second-order valence-corrected chi connectivity index (χ2v) is 4.46. The van der Waals surface area contributed by atoms with Crippen molar-refractivity contribution in [3.05, 3.63) is 60.9 Å². The van der Waals surface area contributed by atoms with Gasteiger partial charge in [0, 0.05) is 24.2 Å². The molecule has 0 radical (unpaired) electrons. The van der Waals surface area contributed by atoms with Crippen LogP contribution >= 0.6 is 0 Å². The lowest BCUT2D eigenvalue weighted by Gasteiger charge is -2.09. The van der Waals surface area contributed by atoms with E-state index in [9.17, 15) is 0 Å². The van der Waals surface area contributed by atoms with Crippen molar-refractivity contribution in [3.8, 4) is 0 Å². The van der Waals surface area contributed by atoms with E-state index >= 15 is 0 Å². The molecule has 1 heterocycles. The maximum atomic E-state index is 4.30. The zero-order valence-electron chi connectivity index (χ0n) is 11.1. The number of benzene rings is 2. The normalized spacial score (nSPS) is 10.4. The third kappa shape index (κ3) is 2.85. The van der Waals surface area contributed by atoms with Gasteiger partial charge in [-0.1, -0.05) is 30.3 Å². The van der Waals surface area contributed by atoms with Crippen LogP contribution < -0.4 is 10.6 Å². The molecule has 1 aromatic heterocycles. The van der Waals surface area contributed by atoms with Crippen LogP contribution in [0.3, 0.4) is 0 Å². The molecule has 0 aliphatic heterocycles. The van der Waals surface area contributed by atoms with E-state index in [1.807, 2.05) is 42.5 Å². The fourth-order valence-corrected chi connectivity index (χ4v) is 2.09. The number of fused-ring (bicyclic) bond motifs is 1. The minimum absolute atomic E-state index is 0.801. The van der Waals surface area contributed by atoms with Crippen LogP contribution in [0.1, 0.15) is 0 Å². The fraction of sp³-hybridized carbons (Fsp3) is 0.125. The summed E-state index contributed by atoms with van der Waals surface area (Å²) >= 11 is 0. The smallest absolute Gasteiger partial charge is 0.137 e. The first-order chi connectivity index (χ1) is 9.93. The van der Waals surface area contributed by atoms with Crippen LogP contribution in [0.2, 0.25) is 0 Å². The van der Waals surface area contributed by atoms with Crippen molar-refractivity contribution in [2.75, 3.05) is 23.7 Å². The predicted molar refractivity (Wildman–Crippen MR) is 83.0 cm³/mol. The molecule has 0 aliphatic carbocycles. The Kier molecular flexibility index (Phi) is 3.73. The van der Waals surface area contributed by atoms with Crippen LogP contribution in [0.25, 0.3) is 10.9 Å². The zero-order valence-corrected chi connectivity index (χ0v) is 11.1. The van der Waals surface area contributed by atoms with Crippen LogP contribution in [0, 0.1) is 0 Å². The maximum Gasteiger partial charge on any atom is 0.137 e. The van der Waals surface area contributed by atoms with Gasteiger partial charge in [-0.25, -0.2) is 9.97 Å². The van der Waals surface area contributed by atoms with E-state index in [0.717, 1.165) is 35.5 Å². The van der Waals surface area contributed by atoms with E-state index in [4.69, 9.17) is 0 Å². The molecule has 20 heavy (non-hydrogen) atoms. The molecule has 3 aromatic rings. The van der Waals surface area contributed by atoms with Crippen molar-refractivity contribution >= 4 is 22.4 Å². The van der Waals surface area contributed by atoms with E-state index in [2.05, 4.69) is 32.7 Å². The molecule has 0 spiro atoms. The van der Waals surface area contributed by atoms with Gasteiger partial charge in [-0.3, -0.25) is 0 Å². The highest BCUT2D eigenvalue weighted by Crippen LogP contribution is 2.17. The molecule has 4 heteroatoms. The molecule has 100 valence electrons. The Bertz CT molecular complexity index is 677. The van der Waals surface area contributed by atoms with Gasteiger partial charge in [0.05, 0.1) is 5.52 Å². The van der Waals surface area contributed by atoms with E-state index in [0.29, 0.717) is 0 Å². The summed E-state index contributed by atoms with van der Waals surface area (Å²) in [6, 6.07) is 18.2. The Balaban J connectivity index is 1.60. The highest BCUT2D eigenvalue weighted by atomic mass is 15.0. The number of rotatable bonds is 5. The van der Waals surface area contributed by atoms with Gasteiger partial charge < -0.3 is 10.6 Å². The highest BCUT2D eigenvalue weighted by molar-refractivity contribution is 5.88. The molecular formula is C16H16N4. The largest absolute Gasteiger partial charge is 0.383 e. The summed E-state index contributed by atoms with van der Waals surface area (Å²) in [7, 11) is 0. The number of para-hydroxylation sites is 2. The number of aromatic nitrogens is 2. The molecule has 0 aliphatic rings. The lowest BCUT2D eigenvalue weighted by Crippen LogP contribution is -2.14. The Hall–Kier alpha value is -2.62. The van der Waals surface area contributed by atoms with E-state index in [1.165, 1.54) is 0 Å². The van der Waals surface area contributed by atoms with Crippen LogP contribution in [0.4, 0.5) is 11.5 Å². The van der Waals surface area contributed by atoms with E-state index in [1.54, 1.807) is 6.33 Å². The lowest BCUT2D eigenvalue weighted by atomic mass is 10.2. The van der Waals surface area contributed by atoms with E-state index < -0.39 is 0 Å². The quantitative estimate of drug-likeness (QED) is 0.695. The van der Waals surface area contributed by atoms with Gasteiger partial charge in [-0.15, -0.1) is 0 Å². The summed E-state index contributed by atoms with van der Waals surface area (Å²) in [5, 5.41) is 7.75. The van der Waals surface area contributed by atoms with Gasteiger partial charge in [0.2, 0.25) is 0 Å². The Morgan fingerprint density at radius 2 is 1.50 bits per heavy atom. The molecule has 0 saturated carbocycles. The minimum atomic E-state index is 0.801. The summed E-state index contributed by atoms with van der Waals surface area (Å²) in [5.41, 5.74) is 2.09. The third-order valence-electron chi connectivity index (χ3n) is 3.06. The Labute approximate surface area is 117 Å². The van der Waals surface area contributed by atoms with Gasteiger partial charge in [-0.05, 0) is 24.3 Å². The fourth-order valence-electron chi connectivity index (χ4n) is 2.09. The summed E-state index contributed by atoms with van der Waals surface area (Å²) in [6.45, 7) is 1.64. The van der Waals surface area contributed by atoms with Crippen molar-refractivity contribution in [3.63, 3.8) is 0 Å². The average Bonchev–Trinajstić information content (AvgIpc) is 2.53. The number of nitrogens with zero attached hydrogens (tertiary/aromatic N) is 2. The predicted octanol–water partition coefficient (Wildman–Crippen LogP) is 3.15. The topological polar surface area (TPSA) is 49.8 Å². The lowest BCUT2D eigenvalue weighted by molar-refractivity contribution is 1.06. The number of hydrogen-bond acceptors (Lipinski definition) is 4. The zero-order chi connectivity index (χ0) is 13.6. The molecule has 2 aromatic carbocycles. The summed E-state index contributed by atoms with van der Waals surface area (Å²) < 4.78 is 0. The van der Waals surface area contributed by atoms with Gasteiger partial charge in [0.15, 0.2) is 0 Å². The Morgan fingerprint density at radius 3 is 2.40 bits per heavy atom. The van der Waals surface area contributed by atoms with Gasteiger partial charge in [0.25, 0.3) is 0 Å². The molecule has 0 fully saturated rings. The molecule has 0 unspecified atom stereocenters. The first-order valence-electron chi connectivity index (χ1n) is 6.66. The van der Waals surface area contributed by atoms with Gasteiger partial charge in [-0.2, -0.15) is 0 Å². The molecular weight excluding hydrogens is 248 g/mol. The minimum Gasteiger partial charge on any atom is -0.383 e. The standard InChI is InChI=1S/C16H16N4/c1-2-6-13(7-3-1)17-10-11-18-16-14-8-4-5-9-15(14)19-12-20-16/h1-9,12,17H,10-11H2,(H,18,19,20). The second-order valence-electron chi connectivity index (χ2n) is 4.46. The van der Waals surface area contributed by atoms with Crippen molar-refractivity contribution in [2.45, 2.75) is 0 Å².